The second kappa shape index (κ2) is 10.9. The summed E-state index contributed by atoms with van der Waals surface area (Å²) in [5, 5.41) is 12.9. The van der Waals surface area contributed by atoms with Crippen molar-refractivity contribution in [3.8, 4) is 17.6 Å². The van der Waals surface area contributed by atoms with Gasteiger partial charge in [0.2, 0.25) is 0 Å². The number of nitrogens with one attached hydrogen (secondary N) is 1. The molecule has 0 aliphatic rings. The fourth-order valence-electron chi connectivity index (χ4n) is 2.97. The van der Waals surface area contributed by atoms with Gasteiger partial charge in [0.05, 0.1) is 11.6 Å². The van der Waals surface area contributed by atoms with Crippen LogP contribution in [0.1, 0.15) is 16.7 Å². The zero-order valence-corrected chi connectivity index (χ0v) is 19.8. The summed E-state index contributed by atoms with van der Waals surface area (Å²) in [5.74, 6) is 0.452. The van der Waals surface area contributed by atoms with Gasteiger partial charge in [-0.1, -0.05) is 41.9 Å². The first kappa shape index (κ1) is 23.4. The van der Waals surface area contributed by atoms with Gasteiger partial charge in [-0.05, 0) is 70.4 Å². The van der Waals surface area contributed by atoms with Crippen LogP contribution < -0.4 is 14.8 Å². The van der Waals surface area contributed by atoms with Crippen molar-refractivity contribution >= 4 is 45.2 Å². The molecule has 1 N–H and O–H groups in total. The third-order valence-corrected chi connectivity index (χ3v) is 5.49. The number of carbonyl (C=O) groups is 1. The number of hydrogen-bond acceptors (Lipinski definition) is 4. The van der Waals surface area contributed by atoms with Gasteiger partial charge in [0.15, 0.2) is 11.5 Å². The van der Waals surface area contributed by atoms with E-state index in [1.54, 1.807) is 24.3 Å². The summed E-state index contributed by atoms with van der Waals surface area (Å²) < 4.78 is 12.0. The van der Waals surface area contributed by atoms with E-state index >= 15 is 0 Å². The Morgan fingerprint density at radius 1 is 1.19 bits per heavy atom. The normalized spacial score (nSPS) is 10.9. The number of hydrogen-bond donors (Lipinski definition) is 1. The number of halogens is 2. The van der Waals surface area contributed by atoms with Crippen molar-refractivity contribution in [2.45, 2.75) is 13.5 Å². The molecule has 0 saturated carbocycles. The minimum absolute atomic E-state index is 0.0369. The summed E-state index contributed by atoms with van der Waals surface area (Å²) >= 11 is 9.69. The van der Waals surface area contributed by atoms with E-state index in [1.807, 2.05) is 49.4 Å². The molecular weight excluding hydrogens is 492 g/mol. The third kappa shape index (κ3) is 5.91. The molecule has 0 saturated heterocycles. The average Bonchev–Trinajstić information content (AvgIpc) is 2.77. The van der Waals surface area contributed by atoms with Crippen LogP contribution >= 0.6 is 27.5 Å². The smallest absolute Gasteiger partial charge is 0.266 e. The lowest BCUT2D eigenvalue weighted by Crippen LogP contribution is -2.13. The number of nitrogens with zero attached hydrogens (tertiary/aromatic N) is 1. The SMILES string of the molecule is COc1cc(/C=C(/C#N)C(=O)Nc2cccc(C)c2)cc(Br)c1OCc1ccccc1Cl. The van der Waals surface area contributed by atoms with Crippen molar-refractivity contribution in [3.05, 3.63) is 92.4 Å². The van der Waals surface area contributed by atoms with Crippen LogP contribution in [0, 0.1) is 18.3 Å². The predicted octanol–water partition coefficient (Wildman–Crippen LogP) is 6.54. The highest BCUT2D eigenvalue weighted by Gasteiger charge is 2.15. The Hall–Kier alpha value is -3.27. The van der Waals surface area contributed by atoms with Crippen molar-refractivity contribution in [1.82, 2.24) is 0 Å². The number of ether oxygens (including phenoxy) is 2. The molecule has 0 atom stereocenters. The fraction of sp³-hybridized carbons (Fsp3) is 0.120. The Balaban J connectivity index is 1.83. The zero-order valence-electron chi connectivity index (χ0n) is 17.5. The standard InChI is InChI=1S/C25H20BrClN2O3/c1-16-6-5-8-20(10-16)29-25(30)19(14-28)11-17-12-21(26)24(23(13-17)31-2)32-15-18-7-3-4-9-22(18)27/h3-13H,15H2,1-2H3,(H,29,30)/b19-11-. The molecule has 1 amide bonds. The number of aryl methyl sites for hydroxylation is 1. The molecule has 5 nitrogen and oxygen atoms in total. The molecule has 0 aliphatic carbocycles. The Morgan fingerprint density at radius 3 is 2.66 bits per heavy atom. The van der Waals surface area contributed by atoms with Gasteiger partial charge >= 0.3 is 0 Å². The monoisotopic (exact) mass is 510 g/mol. The molecule has 0 fully saturated rings. The van der Waals surface area contributed by atoms with Gasteiger partial charge in [-0.15, -0.1) is 0 Å². The van der Waals surface area contributed by atoms with Crippen molar-refractivity contribution in [3.63, 3.8) is 0 Å². The summed E-state index contributed by atoms with van der Waals surface area (Å²) in [6.45, 7) is 2.18. The topological polar surface area (TPSA) is 71.3 Å². The Labute approximate surface area is 200 Å². The molecule has 3 rings (SSSR count). The van der Waals surface area contributed by atoms with E-state index in [4.69, 9.17) is 21.1 Å². The summed E-state index contributed by atoms with van der Waals surface area (Å²) in [6, 6.07) is 20.2. The van der Waals surface area contributed by atoms with Crippen LogP contribution in [0.4, 0.5) is 5.69 Å². The van der Waals surface area contributed by atoms with Crippen molar-refractivity contribution < 1.29 is 14.3 Å². The van der Waals surface area contributed by atoms with Crippen molar-refractivity contribution in [2.75, 3.05) is 12.4 Å². The van der Waals surface area contributed by atoms with Gasteiger partial charge in [-0.3, -0.25) is 4.79 Å². The lowest BCUT2D eigenvalue weighted by molar-refractivity contribution is -0.112. The molecule has 162 valence electrons. The van der Waals surface area contributed by atoms with Crippen molar-refractivity contribution in [2.24, 2.45) is 0 Å². The van der Waals surface area contributed by atoms with Gasteiger partial charge in [0, 0.05) is 16.3 Å². The molecule has 32 heavy (non-hydrogen) atoms. The van der Waals surface area contributed by atoms with Gasteiger partial charge in [0.25, 0.3) is 5.91 Å². The highest BCUT2D eigenvalue weighted by molar-refractivity contribution is 9.10. The first-order chi connectivity index (χ1) is 15.4. The maximum absolute atomic E-state index is 12.6. The Kier molecular flexibility index (Phi) is 7.93. The van der Waals surface area contributed by atoms with E-state index in [-0.39, 0.29) is 12.2 Å². The minimum atomic E-state index is -0.493. The maximum Gasteiger partial charge on any atom is 0.266 e. The molecule has 0 unspecified atom stereocenters. The van der Waals surface area contributed by atoms with Crippen LogP contribution in [0.2, 0.25) is 5.02 Å². The van der Waals surface area contributed by atoms with Crippen LogP contribution in [-0.4, -0.2) is 13.0 Å². The van der Waals surface area contributed by atoms with E-state index in [0.717, 1.165) is 11.1 Å². The number of rotatable bonds is 7. The molecule has 0 aliphatic heterocycles. The summed E-state index contributed by atoms with van der Waals surface area (Å²) in [6.07, 6.45) is 1.50. The first-order valence-electron chi connectivity index (χ1n) is 9.65. The highest BCUT2D eigenvalue weighted by Crippen LogP contribution is 2.38. The summed E-state index contributed by atoms with van der Waals surface area (Å²) in [7, 11) is 1.52. The van der Waals surface area contributed by atoms with E-state index in [1.165, 1.54) is 13.2 Å². The van der Waals surface area contributed by atoms with Crippen LogP contribution in [0.25, 0.3) is 6.08 Å². The lowest BCUT2D eigenvalue weighted by atomic mass is 10.1. The molecule has 0 heterocycles. The van der Waals surface area contributed by atoms with E-state index in [2.05, 4.69) is 21.2 Å². The van der Waals surface area contributed by atoms with Crippen LogP contribution in [0.15, 0.2) is 70.7 Å². The molecule has 0 radical (unpaired) electrons. The van der Waals surface area contributed by atoms with Crippen LogP contribution in [0.3, 0.4) is 0 Å². The number of benzene rings is 3. The molecule has 3 aromatic carbocycles. The first-order valence-corrected chi connectivity index (χ1v) is 10.8. The molecule has 3 aromatic rings. The second-order valence-electron chi connectivity index (χ2n) is 6.91. The Bertz CT molecular complexity index is 1220. The van der Waals surface area contributed by atoms with E-state index < -0.39 is 5.91 Å². The van der Waals surface area contributed by atoms with Crippen molar-refractivity contribution in [1.29, 1.82) is 5.26 Å². The molecule has 0 bridgehead atoms. The highest BCUT2D eigenvalue weighted by atomic mass is 79.9. The van der Waals surface area contributed by atoms with Gasteiger partial charge in [-0.2, -0.15) is 5.26 Å². The molecule has 0 aromatic heterocycles. The minimum Gasteiger partial charge on any atom is -0.493 e. The largest absolute Gasteiger partial charge is 0.493 e. The number of carbonyl (C=O) groups excluding carboxylic acids is 1. The van der Waals surface area contributed by atoms with Gasteiger partial charge in [-0.25, -0.2) is 0 Å². The van der Waals surface area contributed by atoms with E-state index in [0.29, 0.717) is 32.2 Å². The molecular formula is C25H20BrClN2O3. The van der Waals surface area contributed by atoms with Crippen LogP contribution in [-0.2, 0) is 11.4 Å². The average molecular weight is 512 g/mol. The van der Waals surface area contributed by atoms with Gasteiger partial charge < -0.3 is 14.8 Å². The quantitative estimate of drug-likeness (QED) is 0.289. The number of nitriles is 1. The third-order valence-electron chi connectivity index (χ3n) is 4.53. The zero-order chi connectivity index (χ0) is 23.1. The van der Waals surface area contributed by atoms with E-state index in [9.17, 15) is 10.1 Å². The predicted molar refractivity (Wildman–Crippen MR) is 130 cm³/mol. The number of amides is 1. The molecule has 7 heteroatoms. The maximum atomic E-state index is 12.6. The number of anilines is 1. The van der Waals surface area contributed by atoms with Gasteiger partial charge in [0.1, 0.15) is 18.2 Å². The Morgan fingerprint density at radius 2 is 1.97 bits per heavy atom. The van der Waals surface area contributed by atoms with Crippen LogP contribution in [0.5, 0.6) is 11.5 Å². The lowest BCUT2D eigenvalue weighted by Gasteiger charge is -2.14. The summed E-state index contributed by atoms with van der Waals surface area (Å²) in [4.78, 5) is 12.6. The molecule has 0 spiro atoms. The summed E-state index contributed by atoms with van der Waals surface area (Å²) in [5.41, 5.74) is 3.04. The number of methoxy groups -OCH3 is 1. The second-order valence-corrected chi connectivity index (χ2v) is 8.17. The fourth-order valence-corrected chi connectivity index (χ4v) is 3.73.